The van der Waals surface area contributed by atoms with Crippen LogP contribution in [0.25, 0.3) is 0 Å². The van der Waals surface area contributed by atoms with Crippen molar-refractivity contribution >= 4 is 0 Å². The van der Waals surface area contributed by atoms with Crippen LogP contribution in [-0.4, -0.2) is 0 Å². The Morgan fingerprint density at radius 2 is 0.909 bits per heavy atom. The van der Waals surface area contributed by atoms with Crippen molar-refractivity contribution in [3.63, 3.8) is 0 Å². The molecule has 1 rings (SSSR count). The summed E-state index contributed by atoms with van der Waals surface area (Å²) in [5.74, 6) is 0. The summed E-state index contributed by atoms with van der Waals surface area (Å²) >= 11 is 0. The Hall–Kier alpha value is -0.780. The molecule has 0 aromatic carbocycles. The fourth-order valence-electron chi connectivity index (χ4n) is 2.75. The zero-order valence-corrected chi connectivity index (χ0v) is 15.0. The zero-order valence-electron chi connectivity index (χ0n) is 15.0. The van der Waals surface area contributed by atoms with Gasteiger partial charge >= 0.3 is 0 Å². The summed E-state index contributed by atoms with van der Waals surface area (Å²) in [5, 5.41) is 0. The van der Waals surface area contributed by atoms with Gasteiger partial charge in [0.1, 0.15) is 0 Å². The van der Waals surface area contributed by atoms with Crippen LogP contribution >= 0.6 is 0 Å². The Balaban J connectivity index is 0.000000406. The monoisotopic (exact) mass is 304 g/mol. The quantitative estimate of drug-likeness (QED) is 0.298. The summed E-state index contributed by atoms with van der Waals surface area (Å²) < 4.78 is 0. The second kappa shape index (κ2) is 20.2. The Bertz CT molecular complexity index is 223. The zero-order chi connectivity index (χ0) is 16.1. The number of hydrogen-bond donors (Lipinski definition) is 0. The summed E-state index contributed by atoms with van der Waals surface area (Å²) in [7, 11) is 0. The van der Waals surface area contributed by atoms with Crippen molar-refractivity contribution < 1.29 is 0 Å². The van der Waals surface area contributed by atoms with Crippen molar-refractivity contribution in [2.75, 3.05) is 0 Å². The van der Waals surface area contributed by atoms with Crippen molar-refractivity contribution in [2.24, 2.45) is 0 Å². The van der Waals surface area contributed by atoms with E-state index in [0.717, 1.165) is 0 Å². The lowest BCUT2D eigenvalue weighted by Crippen LogP contribution is -1.81. The Morgan fingerprint density at radius 3 is 1.32 bits per heavy atom. The standard InChI is InChI=1S/C12H22.C10H18/c1-3-5-7-9-11-12-10-8-6-4-2;1-2-4-6-8-10-9-7-5-3-1/h3-4H,1-2,5-12H2;1-2H,3-10H2. The summed E-state index contributed by atoms with van der Waals surface area (Å²) in [4.78, 5) is 0. The minimum Gasteiger partial charge on any atom is -0.103 e. The van der Waals surface area contributed by atoms with E-state index in [0.29, 0.717) is 0 Å². The molecule has 22 heavy (non-hydrogen) atoms. The molecule has 0 atom stereocenters. The fourth-order valence-corrected chi connectivity index (χ4v) is 2.75. The van der Waals surface area contributed by atoms with Gasteiger partial charge in [-0.1, -0.05) is 75.7 Å². The molecule has 1 aliphatic carbocycles. The molecule has 0 N–H and O–H groups in total. The van der Waals surface area contributed by atoms with E-state index >= 15 is 0 Å². The number of unbranched alkanes of at least 4 members (excludes halogenated alkanes) is 7. The van der Waals surface area contributed by atoms with E-state index in [1.54, 1.807) is 0 Å². The van der Waals surface area contributed by atoms with E-state index < -0.39 is 0 Å². The number of allylic oxidation sites excluding steroid dienone is 4. The van der Waals surface area contributed by atoms with Crippen molar-refractivity contribution in [3.8, 4) is 0 Å². The van der Waals surface area contributed by atoms with Crippen molar-refractivity contribution in [1.29, 1.82) is 0 Å². The summed E-state index contributed by atoms with van der Waals surface area (Å²) in [6, 6.07) is 0. The molecule has 0 nitrogen and oxygen atoms in total. The molecule has 0 unspecified atom stereocenters. The molecule has 0 saturated carbocycles. The highest BCUT2D eigenvalue weighted by molar-refractivity contribution is 4.81. The molecule has 0 bridgehead atoms. The third kappa shape index (κ3) is 19.2. The first kappa shape index (κ1) is 21.2. The predicted molar refractivity (Wildman–Crippen MR) is 103 cm³/mol. The van der Waals surface area contributed by atoms with E-state index in [9.17, 15) is 0 Å². The van der Waals surface area contributed by atoms with E-state index in [1.807, 2.05) is 12.2 Å². The largest absolute Gasteiger partial charge is 0.103 e. The molecule has 0 fully saturated rings. The SMILES string of the molecule is C1=CCCCCCCCC1.C=CCCCCCCCCC=C. The lowest BCUT2D eigenvalue weighted by atomic mass is 10.1. The molecule has 0 saturated heterocycles. The number of hydrogen-bond acceptors (Lipinski definition) is 0. The minimum atomic E-state index is 1.19. The van der Waals surface area contributed by atoms with Gasteiger partial charge in [0.2, 0.25) is 0 Å². The maximum atomic E-state index is 3.71. The van der Waals surface area contributed by atoms with Gasteiger partial charge in [-0.15, -0.1) is 13.2 Å². The van der Waals surface area contributed by atoms with Gasteiger partial charge in [0.25, 0.3) is 0 Å². The van der Waals surface area contributed by atoms with Gasteiger partial charge in [-0.05, 0) is 51.4 Å². The molecule has 128 valence electrons. The van der Waals surface area contributed by atoms with E-state index in [-0.39, 0.29) is 0 Å². The maximum Gasteiger partial charge on any atom is -0.0351 e. The van der Waals surface area contributed by atoms with Crippen molar-refractivity contribution in [2.45, 2.75) is 103 Å². The van der Waals surface area contributed by atoms with E-state index in [1.165, 1.54) is 103 Å². The molecule has 0 heteroatoms. The highest BCUT2D eigenvalue weighted by Crippen LogP contribution is 2.11. The average Bonchev–Trinajstić information content (AvgIpc) is 2.56. The summed E-state index contributed by atoms with van der Waals surface area (Å²) in [6.07, 6.45) is 30.6. The molecular weight excluding hydrogens is 264 g/mol. The van der Waals surface area contributed by atoms with Crippen LogP contribution in [0, 0.1) is 0 Å². The molecular formula is C22H40. The van der Waals surface area contributed by atoms with Crippen LogP contribution in [0.2, 0.25) is 0 Å². The van der Waals surface area contributed by atoms with Crippen LogP contribution in [0.4, 0.5) is 0 Å². The van der Waals surface area contributed by atoms with Crippen LogP contribution in [0.5, 0.6) is 0 Å². The molecule has 0 aromatic heterocycles. The Kier molecular flexibility index (Phi) is 19.5. The van der Waals surface area contributed by atoms with Gasteiger partial charge in [-0.3, -0.25) is 0 Å². The molecule has 0 radical (unpaired) electrons. The van der Waals surface area contributed by atoms with Gasteiger partial charge in [0.15, 0.2) is 0 Å². The summed E-state index contributed by atoms with van der Waals surface area (Å²) in [5.41, 5.74) is 0. The van der Waals surface area contributed by atoms with Gasteiger partial charge in [0, 0.05) is 0 Å². The minimum absolute atomic E-state index is 1.19. The first-order valence-electron chi connectivity index (χ1n) is 9.78. The third-order valence-electron chi connectivity index (χ3n) is 4.22. The number of rotatable bonds is 9. The average molecular weight is 305 g/mol. The fraction of sp³-hybridized carbons (Fsp3) is 0.727. The normalized spacial score (nSPS) is 15.5. The highest BCUT2D eigenvalue weighted by Gasteiger charge is 1.91. The van der Waals surface area contributed by atoms with Crippen LogP contribution in [0.15, 0.2) is 37.5 Å². The van der Waals surface area contributed by atoms with Gasteiger partial charge < -0.3 is 0 Å². The highest BCUT2D eigenvalue weighted by atomic mass is 14.0. The van der Waals surface area contributed by atoms with Crippen LogP contribution < -0.4 is 0 Å². The van der Waals surface area contributed by atoms with Crippen LogP contribution in [0.1, 0.15) is 103 Å². The smallest absolute Gasteiger partial charge is 0.0351 e. The third-order valence-corrected chi connectivity index (χ3v) is 4.22. The molecule has 1 aliphatic rings. The lowest BCUT2D eigenvalue weighted by Gasteiger charge is -2.01. The second-order valence-corrected chi connectivity index (χ2v) is 6.45. The van der Waals surface area contributed by atoms with Crippen molar-refractivity contribution in [3.05, 3.63) is 37.5 Å². The summed E-state index contributed by atoms with van der Waals surface area (Å²) in [6.45, 7) is 7.42. The Morgan fingerprint density at radius 1 is 0.545 bits per heavy atom. The molecule has 0 aliphatic heterocycles. The molecule has 0 amide bonds. The van der Waals surface area contributed by atoms with Crippen molar-refractivity contribution in [1.82, 2.24) is 0 Å². The van der Waals surface area contributed by atoms with Gasteiger partial charge in [-0.2, -0.15) is 0 Å². The molecule has 0 heterocycles. The lowest BCUT2D eigenvalue weighted by molar-refractivity contribution is 0.592. The first-order chi connectivity index (χ1) is 10.9. The maximum absolute atomic E-state index is 3.71. The van der Waals surface area contributed by atoms with Crippen LogP contribution in [0.3, 0.4) is 0 Å². The topological polar surface area (TPSA) is 0 Å². The Labute approximate surface area is 140 Å². The van der Waals surface area contributed by atoms with Gasteiger partial charge in [0.05, 0.1) is 0 Å². The second-order valence-electron chi connectivity index (χ2n) is 6.45. The first-order valence-corrected chi connectivity index (χ1v) is 9.78. The van der Waals surface area contributed by atoms with Crippen LogP contribution in [-0.2, 0) is 0 Å². The predicted octanol–water partition coefficient (Wildman–Crippen LogP) is 8.16. The molecule has 0 aromatic rings. The van der Waals surface area contributed by atoms with Gasteiger partial charge in [-0.25, -0.2) is 0 Å². The van der Waals surface area contributed by atoms with E-state index in [4.69, 9.17) is 0 Å². The molecule has 0 spiro atoms. The van der Waals surface area contributed by atoms with E-state index in [2.05, 4.69) is 25.3 Å².